The van der Waals surface area contributed by atoms with Crippen molar-refractivity contribution in [3.63, 3.8) is 0 Å². The van der Waals surface area contributed by atoms with E-state index in [2.05, 4.69) is 191 Å². The van der Waals surface area contributed by atoms with Crippen LogP contribution < -0.4 is 0 Å². The summed E-state index contributed by atoms with van der Waals surface area (Å²) in [4.78, 5) is 0. The zero-order chi connectivity index (χ0) is 33.5. The molecule has 0 saturated carbocycles. The van der Waals surface area contributed by atoms with Gasteiger partial charge in [-0.3, -0.25) is 0 Å². The van der Waals surface area contributed by atoms with Gasteiger partial charge in [-0.05, 0) is 70.8 Å². The van der Waals surface area contributed by atoms with Crippen molar-refractivity contribution in [1.82, 2.24) is 9.13 Å². The summed E-state index contributed by atoms with van der Waals surface area (Å²) < 4.78 is 7.52. The summed E-state index contributed by atoms with van der Waals surface area (Å²) >= 11 is 1.88. The van der Waals surface area contributed by atoms with E-state index in [-0.39, 0.29) is 0 Å². The van der Waals surface area contributed by atoms with Crippen molar-refractivity contribution in [2.45, 2.75) is 0 Å². The molecular formula is C48H30N2S. The topological polar surface area (TPSA) is 9.86 Å². The Morgan fingerprint density at radius 3 is 1.57 bits per heavy atom. The van der Waals surface area contributed by atoms with E-state index in [4.69, 9.17) is 0 Å². The van der Waals surface area contributed by atoms with Crippen molar-refractivity contribution in [3.05, 3.63) is 182 Å². The molecular weight excluding hydrogens is 637 g/mol. The summed E-state index contributed by atoms with van der Waals surface area (Å²) in [5, 5.41) is 7.65. The van der Waals surface area contributed by atoms with Gasteiger partial charge in [-0.25, -0.2) is 0 Å². The molecule has 0 spiro atoms. The number of fused-ring (bicyclic) bond motifs is 9. The van der Waals surface area contributed by atoms with E-state index in [1.165, 1.54) is 91.7 Å². The Bertz CT molecular complexity index is 3090. The normalized spacial score (nSPS) is 11.9. The van der Waals surface area contributed by atoms with Gasteiger partial charge in [0.15, 0.2) is 0 Å². The van der Waals surface area contributed by atoms with Gasteiger partial charge in [0.1, 0.15) is 0 Å². The second-order valence-electron chi connectivity index (χ2n) is 13.3. The van der Waals surface area contributed by atoms with E-state index in [0.29, 0.717) is 0 Å². The lowest BCUT2D eigenvalue weighted by Gasteiger charge is -2.15. The van der Waals surface area contributed by atoms with Crippen LogP contribution in [0.15, 0.2) is 182 Å². The number of nitrogens with zero attached hydrogens (tertiary/aromatic N) is 2. The van der Waals surface area contributed by atoms with Gasteiger partial charge in [0, 0.05) is 47.4 Å². The Kier molecular flexibility index (Phi) is 6.16. The number of thiophene rings is 1. The van der Waals surface area contributed by atoms with Crippen LogP contribution in [0.1, 0.15) is 0 Å². The van der Waals surface area contributed by atoms with Crippen molar-refractivity contribution in [3.8, 4) is 33.6 Å². The molecule has 11 rings (SSSR count). The van der Waals surface area contributed by atoms with Crippen LogP contribution in [0.5, 0.6) is 0 Å². The largest absolute Gasteiger partial charge is 0.309 e. The maximum Gasteiger partial charge on any atom is 0.0562 e. The smallest absolute Gasteiger partial charge is 0.0562 e. The first-order valence-corrected chi connectivity index (χ1v) is 18.3. The predicted octanol–water partition coefficient (Wildman–Crippen LogP) is 13.6. The Balaban J connectivity index is 1.24. The van der Waals surface area contributed by atoms with Gasteiger partial charge in [0.05, 0.1) is 27.8 Å². The lowest BCUT2D eigenvalue weighted by atomic mass is 9.92. The molecule has 238 valence electrons. The monoisotopic (exact) mass is 666 g/mol. The van der Waals surface area contributed by atoms with Gasteiger partial charge in [0.25, 0.3) is 0 Å². The highest BCUT2D eigenvalue weighted by Crippen LogP contribution is 2.46. The minimum atomic E-state index is 1.16. The van der Waals surface area contributed by atoms with Gasteiger partial charge in [-0.2, -0.15) is 0 Å². The molecule has 8 aromatic carbocycles. The third-order valence-corrected chi connectivity index (χ3v) is 11.7. The molecule has 11 aromatic rings. The molecule has 51 heavy (non-hydrogen) atoms. The molecule has 0 amide bonds. The maximum absolute atomic E-state index is 2.51. The van der Waals surface area contributed by atoms with Crippen LogP contribution >= 0.6 is 11.3 Å². The van der Waals surface area contributed by atoms with E-state index in [1.807, 2.05) is 11.3 Å². The Hall–Kier alpha value is -6.42. The van der Waals surface area contributed by atoms with Gasteiger partial charge >= 0.3 is 0 Å². The third kappa shape index (κ3) is 4.16. The number of hydrogen-bond acceptors (Lipinski definition) is 1. The van der Waals surface area contributed by atoms with Crippen molar-refractivity contribution < 1.29 is 0 Å². The zero-order valence-electron chi connectivity index (χ0n) is 27.6. The van der Waals surface area contributed by atoms with Crippen molar-refractivity contribution in [2.24, 2.45) is 0 Å². The Morgan fingerprint density at radius 1 is 0.333 bits per heavy atom. The van der Waals surface area contributed by atoms with Crippen LogP contribution in [-0.4, -0.2) is 9.13 Å². The number of hydrogen-bond donors (Lipinski definition) is 0. The summed E-state index contributed by atoms with van der Waals surface area (Å²) in [6.07, 6.45) is 0. The molecule has 0 atom stereocenters. The third-order valence-electron chi connectivity index (χ3n) is 10.5. The molecule has 3 heterocycles. The van der Waals surface area contributed by atoms with E-state index in [9.17, 15) is 0 Å². The molecule has 3 aromatic heterocycles. The van der Waals surface area contributed by atoms with Gasteiger partial charge < -0.3 is 9.13 Å². The lowest BCUT2D eigenvalue weighted by Crippen LogP contribution is -1.97. The summed E-state index contributed by atoms with van der Waals surface area (Å²) in [6.45, 7) is 0. The van der Waals surface area contributed by atoms with Gasteiger partial charge in [-0.15, -0.1) is 11.3 Å². The lowest BCUT2D eigenvalue weighted by molar-refractivity contribution is 1.16. The molecule has 0 unspecified atom stereocenters. The fraction of sp³-hybridized carbons (Fsp3) is 0. The Labute approximate surface area is 298 Å². The van der Waals surface area contributed by atoms with E-state index in [0.717, 1.165) is 5.69 Å². The standard InChI is InChI=1S/C48H30N2S/c1-2-14-31(15-3-1)33-16-4-5-17-34(33)39-21-12-26-45-47(39)48-43(25-13-27-46(48)51-45)50-42-24-11-8-20-37(42)38-29-28-32(30-44(38)50)49-40-22-9-6-18-35(40)36-19-7-10-23-41(36)49/h1-30H. The van der Waals surface area contributed by atoms with E-state index in [1.54, 1.807) is 0 Å². The molecule has 0 aliphatic rings. The van der Waals surface area contributed by atoms with Gasteiger partial charge in [0.2, 0.25) is 0 Å². The maximum atomic E-state index is 2.51. The molecule has 0 aliphatic heterocycles. The summed E-state index contributed by atoms with van der Waals surface area (Å²) in [5.74, 6) is 0. The highest BCUT2D eigenvalue weighted by molar-refractivity contribution is 7.26. The average Bonchev–Trinajstić information content (AvgIpc) is 3.86. The van der Waals surface area contributed by atoms with Crippen LogP contribution in [0.25, 0.3) is 97.4 Å². The van der Waals surface area contributed by atoms with Crippen LogP contribution in [0.3, 0.4) is 0 Å². The highest BCUT2D eigenvalue weighted by Gasteiger charge is 2.21. The number of para-hydroxylation sites is 3. The van der Waals surface area contributed by atoms with Crippen LogP contribution in [0.4, 0.5) is 0 Å². The predicted molar refractivity (Wildman–Crippen MR) is 219 cm³/mol. The van der Waals surface area contributed by atoms with Crippen LogP contribution in [0, 0.1) is 0 Å². The molecule has 0 fully saturated rings. The van der Waals surface area contributed by atoms with Crippen molar-refractivity contribution >= 4 is 75.1 Å². The quantitative estimate of drug-likeness (QED) is 0.177. The molecule has 0 N–H and O–H groups in total. The highest BCUT2D eigenvalue weighted by atomic mass is 32.1. The van der Waals surface area contributed by atoms with Crippen LogP contribution in [-0.2, 0) is 0 Å². The number of aromatic nitrogens is 2. The summed E-state index contributed by atoms with van der Waals surface area (Å²) in [5.41, 5.74) is 12.2. The van der Waals surface area contributed by atoms with Crippen LogP contribution in [0.2, 0.25) is 0 Å². The molecule has 0 radical (unpaired) electrons. The fourth-order valence-corrected chi connectivity index (χ4v) is 9.56. The molecule has 0 aliphatic carbocycles. The van der Waals surface area contributed by atoms with Crippen molar-refractivity contribution in [1.29, 1.82) is 0 Å². The van der Waals surface area contributed by atoms with E-state index < -0.39 is 0 Å². The fourth-order valence-electron chi connectivity index (χ4n) is 8.40. The summed E-state index contributed by atoms with van der Waals surface area (Å²) in [7, 11) is 0. The zero-order valence-corrected chi connectivity index (χ0v) is 28.4. The number of rotatable bonds is 4. The first kappa shape index (κ1) is 28.4. The van der Waals surface area contributed by atoms with Crippen molar-refractivity contribution in [2.75, 3.05) is 0 Å². The van der Waals surface area contributed by atoms with Gasteiger partial charge in [-0.1, -0.05) is 133 Å². The summed E-state index contributed by atoms with van der Waals surface area (Å²) in [6, 6.07) is 66.6. The van der Waals surface area contributed by atoms with E-state index >= 15 is 0 Å². The molecule has 2 nitrogen and oxygen atoms in total. The first-order valence-electron chi connectivity index (χ1n) is 17.4. The number of benzene rings is 8. The second kappa shape index (κ2) is 11.0. The molecule has 0 bridgehead atoms. The second-order valence-corrected chi connectivity index (χ2v) is 14.4. The first-order chi connectivity index (χ1) is 25.3. The molecule has 0 saturated heterocycles. The SMILES string of the molecule is c1ccc(-c2ccccc2-c2cccc3sc4cccc(-n5c6ccccc6c6ccc(-n7c8ccccc8c8ccccc87)cc65)c4c23)cc1. The minimum absolute atomic E-state index is 1.16. The molecule has 3 heteroatoms. The Morgan fingerprint density at radius 2 is 0.863 bits per heavy atom. The average molecular weight is 667 g/mol. The minimum Gasteiger partial charge on any atom is -0.309 e.